The Morgan fingerprint density at radius 1 is 1.18 bits per heavy atom. The number of tetrazole rings is 1. The maximum atomic E-state index is 13.3. The van der Waals surface area contributed by atoms with E-state index < -0.39 is 17.8 Å². The van der Waals surface area contributed by atoms with Gasteiger partial charge < -0.3 is 19.2 Å². The molecule has 1 N–H and O–H groups in total. The van der Waals surface area contributed by atoms with Gasteiger partial charge in [0.05, 0.1) is 26.1 Å². The molecule has 2 aromatic heterocycles. The average Bonchev–Trinajstić information content (AvgIpc) is 3.43. The van der Waals surface area contributed by atoms with E-state index in [9.17, 15) is 9.59 Å². The molecule has 1 aromatic carbocycles. The van der Waals surface area contributed by atoms with Gasteiger partial charge in [0, 0.05) is 5.56 Å². The highest BCUT2D eigenvalue weighted by Crippen LogP contribution is 2.40. The van der Waals surface area contributed by atoms with Crippen LogP contribution in [0, 0.1) is 0 Å². The first kappa shape index (κ1) is 17.5. The molecule has 0 saturated heterocycles. The molecule has 3 aromatic rings. The highest BCUT2D eigenvalue weighted by molar-refractivity contribution is 6.13. The van der Waals surface area contributed by atoms with E-state index in [1.165, 1.54) is 31.2 Å². The number of para-hydroxylation sites is 1. The number of ether oxygens (including phenoxy) is 2. The number of allylic oxidation sites excluding steroid dienone is 1. The molecule has 1 aliphatic rings. The maximum Gasteiger partial charge on any atom is 0.355 e. The fraction of sp³-hybridized carbons (Fsp3) is 0.167. The molecule has 28 heavy (non-hydrogen) atoms. The third kappa shape index (κ3) is 2.71. The number of methoxy groups -OCH3 is 2. The number of carbonyl (C=O) groups excluding carboxylic acids is 2. The second-order valence-electron chi connectivity index (χ2n) is 5.80. The van der Waals surface area contributed by atoms with Crippen LogP contribution in [-0.2, 0) is 9.53 Å². The van der Waals surface area contributed by atoms with Crippen LogP contribution >= 0.6 is 0 Å². The molecular weight excluding hydrogens is 366 g/mol. The van der Waals surface area contributed by atoms with Gasteiger partial charge in [-0.25, -0.2) is 4.79 Å². The monoisotopic (exact) mass is 381 g/mol. The molecule has 0 bridgehead atoms. The van der Waals surface area contributed by atoms with Crippen molar-refractivity contribution in [2.24, 2.45) is 0 Å². The Kier molecular flexibility index (Phi) is 4.36. The van der Waals surface area contributed by atoms with Crippen LogP contribution in [0.4, 0.5) is 5.95 Å². The minimum absolute atomic E-state index is 0.0645. The molecule has 0 radical (unpaired) electrons. The number of furan rings is 1. The van der Waals surface area contributed by atoms with E-state index in [-0.39, 0.29) is 23.0 Å². The fourth-order valence-corrected chi connectivity index (χ4v) is 3.11. The Morgan fingerprint density at radius 2 is 2.00 bits per heavy atom. The van der Waals surface area contributed by atoms with Gasteiger partial charge in [-0.2, -0.15) is 4.68 Å². The smallest absolute Gasteiger partial charge is 0.355 e. The van der Waals surface area contributed by atoms with Crippen molar-refractivity contribution in [3.8, 4) is 5.75 Å². The summed E-state index contributed by atoms with van der Waals surface area (Å²) in [7, 11) is 2.74. The molecule has 10 nitrogen and oxygen atoms in total. The van der Waals surface area contributed by atoms with Crippen LogP contribution in [-0.4, -0.2) is 46.2 Å². The van der Waals surface area contributed by atoms with Crippen molar-refractivity contribution in [1.82, 2.24) is 20.2 Å². The molecule has 142 valence electrons. The van der Waals surface area contributed by atoms with Gasteiger partial charge in [-0.1, -0.05) is 23.3 Å². The zero-order chi connectivity index (χ0) is 19.7. The van der Waals surface area contributed by atoms with Gasteiger partial charge in [0.25, 0.3) is 0 Å². The number of nitrogens with zero attached hydrogens (tertiary/aromatic N) is 4. The predicted octanol–water partition coefficient (Wildman–Crippen LogP) is 1.60. The number of ketones is 1. The summed E-state index contributed by atoms with van der Waals surface area (Å²) in [5.41, 5.74) is 0.601. The lowest BCUT2D eigenvalue weighted by molar-refractivity contribution is -0.136. The predicted molar refractivity (Wildman–Crippen MR) is 94.7 cm³/mol. The van der Waals surface area contributed by atoms with Gasteiger partial charge in [-0.3, -0.25) is 4.79 Å². The van der Waals surface area contributed by atoms with Crippen LogP contribution in [0.3, 0.4) is 0 Å². The summed E-state index contributed by atoms with van der Waals surface area (Å²) in [4.78, 5) is 25.8. The topological polar surface area (TPSA) is 121 Å². The van der Waals surface area contributed by atoms with E-state index in [1.54, 1.807) is 30.3 Å². The summed E-state index contributed by atoms with van der Waals surface area (Å²) < 4.78 is 17.0. The lowest BCUT2D eigenvalue weighted by Gasteiger charge is -2.28. The number of hydrogen-bond acceptors (Lipinski definition) is 9. The van der Waals surface area contributed by atoms with Crippen molar-refractivity contribution in [2.45, 2.75) is 6.04 Å². The third-order valence-electron chi connectivity index (χ3n) is 4.33. The minimum Gasteiger partial charge on any atom is -0.496 e. The number of nitrogens with one attached hydrogen (secondary N) is 1. The number of rotatable bonds is 5. The number of hydrogen-bond donors (Lipinski definition) is 1. The lowest BCUT2D eigenvalue weighted by Crippen LogP contribution is -2.33. The molecule has 0 amide bonds. The Labute approximate surface area is 158 Å². The van der Waals surface area contributed by atoms with Gasteiger partial charge in [-0.05, 0) is 28.6 Å². The van der Waals surface area contributed by atoms with Crippen LogP contribution in [0.5, 0.6) is 5.75 Å². The molecule has 0 saturated carbocycles. The first-order chi connectivity index (χ1) is 13.7. The molecular formula is C18H15N5O5. The van der Waals surface area contributed by atoms with E-state index in [2.05, 4.69) is 20.8 Å². The van der Waals surface area contributed by atoms with E-state index >= 15 is 0 Å². The molecule has 0 aliphatic carbocycles. The average molecular weight is 381 g/mol. The largest absolute Gasteiger partial charge is 0.496 e. The van der Waals surface area contributed by atoms with Crippen LogP contribution in [0.15, 0.2) is 58.3 Å². The lowest BCUT2D eigenvalue weighted by atomic mass is 9.90. The summed E-state index contributed by atoms with van der Waals surface area (Å²) in [6.45, 7) is 0. The van der Waals surface area contributed by atoms with Gasteiger partial charge in [0.15, 0.2) is 5.76 Å². The first-order valence-electron chi connectivity index (χ1n) is 8.24. The van der Waals surface area contributed by atoms with Crippen LogP contribution in [0.2, 0.25) is 0 Å². The Morgan fingerprint density at radius 3 is 2.71 bits per heavy atom. The van der Waals surface area contributed by atoms with Gasteiger partial charge in [0.2, 0.25) is 11.7 Å². The van der Waals surface area contributed by atoms with Crippen molar-refractivity contribution < 1.29 is 23.5 Å². The highest BCUT2D eigenvalue weighted by atomic mass is 16.5. The number of benzene rings is 1. The molecule has 1 atom stereocenters. The van der Waals surface area contributed by atoms with E-state index in [4.69, 9.17) is 13.9 Å². The summed E-state index contributed by atoms with van der Waals surface area (Å²) in [6.07, 6.45) is 1.38. The number of Topliss-reactive ketones (excluding diaryl/α,β-unsaturated/α-hetero) is 1. The van der Waals surface area contributed by atoms with Gasteiger partial charge >= 0.3 is 5.97 Å². The maximum absolute atomic E-state index is 13.3. The van der Waals surface area contributed by atoms with E-state index in [0.29, 0.717) is 11.3 Å². The molecule has 3 heterocycles. The molecule has 0 spiro atoms. The fourth-order valence-electron chi connectivity index (χ4n) is 3.11. The van der Waals surface area contributed by atoms with Crippen LogP contribution in [0.1, 0.15) is 22.2 Å². The number of esters is 1. The summed E-state index contributed by atoms with van der Waals surface area (Å²) in [5, 5.41) is 14.3. The highest BCUT2D eigenvalue weighted by Gasteiger charge is 2.40. The van der Waals surface area contributed by atoms with E-state index in [1.807, 2.05) is 0 Å². The number of aromatic nitrogens is 4. The summed E-state index contributed by atoms with van der Waals surface area (Å²) in [5.74, 6) is -0.481. The third-order valence-corrected chi connectivity index (χ3v) is 4.33. The Bertz CT molecular complexity index is 1070. The summed E-state index contributed by atoms with van der Waals surface area (Å²) >= 11 is 0. The Hall–Kier alpha value is -3.95. The molecule has 10 heteroatoms. The number of carbonyl (C=O) groups is 2. The van der Waals surface area contributed by atoms with Crippen molar-refractivity contribution in [1.29, 1.82) is 0 Å². The van der Waals surface area contributed by atoms with Crippen molar-refractivity contribution in [3.05, 3.63) is 65.3 Å². The quantitative estimate of drug-likeness (QED) is 0.519. The van der Waals surface area contributed by atoms with Gasteiger partial charge in [-0.15, -0.1) is 0 Å². The van der Waals surface area contributed by atoms with Crippen molar-refractivity contribution in [3.63, 3.8) is 0 Å². The SMILES string of the molecule is COC(=O)C1=C(C(=O)c2ccco2)C(c2ccccc2OC)n2nnnc2N1. The molecule has 1 unspecified atom stereocenters. The first-order valence-corrected chi connectivity index (χ1v) is 8.24. The summed E-state index contributed by atoms with van der Waals surface area (Å²) in [6, 6.07) is 9.36. The standard InChI is InChI=1S/C18H15N5O5/c1-26-11-7-4-3-6-10(11)15-13(16(24)12-8-5-9-28-12)14(17(25)27-2)19-18-20-21-22-23(15)18/h3-9,15H,1-2H3,(H,19,20,22). The normalized spacial score (nSPS) is 15.6. The minimum atomic E-state index is -0.839. The van der Waals surface area contributed by atoms with Crippen molar-refractivity contribution in [2.75, 3.05) is 19.5 Å². The van der Waals surface area contributed by atoms with Crippen molar-refractivity contribution >= 4 is 17.7 Å². The van der Waals surface area contributed by atoms with Crippen LogP contribution in [0.25, 0.3) is 0 Å². The zero-order valence-electron chi connectivity index (χ0n) is 14.9. The molecule has 4 rings (SSSR count). The van der Waals surface area contributed by atoms with Crippen LogP contribution < -0.4 is 10.1 Å². The molecule has 0 fully saturated rings. The van der Waals surface area contributed by atoms with E-state index in [0.717, 1.165) is 0 Å². The number of anilines is 1. The second-order valence-corrected chi connectivity index (χ2v) is 5.80. The Balaban J connectivity index is 1.99. The number of fused-ring (bicyclic) bond motifs is 1. The zero-order valence-corrected chi connectivity index (χ0v) is 14.9. The van der Waals surface area contributed by atoms with Gasteiger partial charge in [0.1, 0.15) is 17.5 Å². The molecule has 1 aliphatic heterocycles. The second kappa shape index (κ2) is 6.99.